The SMILES string of the molecule is CCc1cc2c(N3CC[S@](=O)CC[C@@H]3C)ncnc2s1. The van der Waals surface area contributed by atoms with Crippen LogP contribution in [0.25, 0.3) is 10.2 Å². The van der Waals surface area contributed by atoms with E-state index < -0.39 is 10.8 Å². The number of thiophene rings is 1. The molecule has 1 fully saturated rings. The lowest BCUT2D eigenvalue weighted by molar-refractivity contribution is 0.639. The third-order valence-electron chi connectivity index (χ3n) is 3.84. The smallest absolute Gasteiger partial charge is 0.141 e. The van der Waals surface area contributed by atoms with Crippen molar-refractivity contribution in [3.63, 3.8) is 0 Å². The normalized spacial score (nSPS) is 24.0. The Labute approximate surface area is 125 Å². The third-order valence-corrected chi connectivity index (χ3v) is 6.35. The van der Waals surface area contributed by atoms with E-state index in [0.717, 1.165) is 46.9 Å². The van der Waals surface area contributed by atoms with E-state index in [0.29, 0.717) is 6.04 Å². The third kappa shape index (κ3) is 2.59. The molecular weight excluding hydrogens is 290 g/mol. The van der Waals surface area contributed by atoms with E-state index in [1.54, 1.807) is 17.7 Å². The molecule has 0 unspecified atom stereocenters. The summed E-state index contributed by atoms with van der Waals surface area (Å²) in [7, 11) is -0.685. The van der Waals surface area contributed by atoms with Gasteiger partial charge in [0.25, 0.3) is 0 Å². The van der Waals surface area contributed by atoms with Gasteiger partial charge in [0.05, 0.1) is 5.39 Å². The molecule has 0 spiro atoms. The van der Waals surface area contributed by atoms with Gasteiger partial charge in [-0.15, -0.1) is 11.3 Å². The van der Waals surface area contributed by atoms with Crippen molar-refractivity contribution in [3.8, 4) is 0 Å². The number of nitrogens with zero attached hydrogens (tertiary/aromatic N) is 3. The first-order chi connectivity index (χ1) is 9.69. The Morgan fingerprint density at radius 2 is 2.30 bits per heavy atom. The molecule has 0 aliphatic carbocycles. The van der Waals surface area contributed by atoms with Gasteiger partial charge in [-0.05, 0) is 25.8 Å². The molecule has 3 heterocycles. The average Bonchev–Trinajstić information content (AvgIpc) is 2.81. The van der Waals surface area contributed by atoms with Crippen LogP contribution in [0.2, 0.25) is 0 Å². The average molecular weight is 309 g/mol. The van der Waals surface area contributed by atoms with Crippen LogP contribution in [-0.2, 0) is 17.2 Å². The molecule has 6 heteroatoms. The molecule has 2 aromatic rings. The van der Waals surface area contributed by atoms with Gasteiger partial charge in [-0.25, -0.2) is 9.97 Å². The van der Waals surface area contributed by atoms with Crippen molar-refractivity contribution < 1.29 is 4.21 Å². The zero-order chi connectivity index (χ0) is 14.1. The van der Waals surface area contributed by atoms with Gasteiger partial charge in [0.2, 0.25) is 0 Å². The first kappa shape index (κ1) is 13.9. The zero-order valence-corrected chi connectivity index (χ0v) is 13.5. The van der Waals surface area contributed by atoms with Crippen LogP contribution in [0, 0.1) is 0 Å². The second-order valence-electron chi connectivity index (χ2n) is 5.16. The Balaban J connectivity index is 2.03. The van der Waals surface area contributed by atoms with E-state index >= 15 is 0 Å². The molecule has 0 radical (unpaired) electrons. The maximum atomic E-state index is 11.8. The van der Waals surface area contributed by atoms with Gasteiger partial charge in [-0.3, -0.25) is 4.21 Å². The summed E-state index contributed by atoms with van der Waals surface area (Å²) in [6.07, 6.45) is 3.64. The van der Waals surface area contributed by atoms with E-state index in [-0.39, 0.29) is 0 Å². The Morgan fingerprint density at radius 1 is 1.45 bits per heavy atom. The fourth-order valence-electron chi connectivity index (χ4n) is 2.59. The number of anilines is 1. The number of aryl methyl sites for hydroxylation is 1. The molecule has 2 aromatic heterocycles. The Kier molecular flexibility index (Phi) is 4.03. The molecule has 4 nitrogen and oxygen atoms in total. The van der Waals surface area contributed by atoms with Crippen LogP contribution in [0.4, 0.5) is 5.82 Å². The Bertz CT molecular complexity index is 640. The maximum Gasteiger partial charge on any atom is 0.141 e. The molecule has 20 heavy (non-hydrogen) atoms. The molecule has 0 N–H and O–H groups in total. The number of rotatable bonds is 2. The van der Waals surface area contributed by atoms with Crippen molar-refractivity contribution in [2.75, 3.05) is 23.0 Å². The van der Waals surface area contributed by atoms with Crippen LogP contribution in [0.1, 0.15) is 25.1 Å². The highest BCUT2D eigenvalue weighted by Crippen LogP contribution is 2.32. The number of hydrogen-bond acceptors (Lipinski definition) is 5. The minimum absolute atomic E-state index is 0.379. The van der Waals surface area contributed by atoms with Crippen LogP contribution in [-0.4, -0.2) is 38.3 Å². The molecule has 0 amide bonds. The predicted octanol–water partition coefficient (Wildman–Crippen LogP) is 2.60. The van der Waals surface area contributed by atoms with Crippen molar-refractivity contribution in [2.45, 2.75) is 32.7 Å². The lowest BCUT2D eigenvalue weighted by Crippen LogP contribution is -2.34. The number of hydrogen-bond donors (Lipinski definition) is 0. The monoisotopic (exact) mass is 309 g/mol. The highest BCUT2D eigenvalue weighted by atomic mass is 32.2. The highest BCUT2D eigenvalue weighted by Gasteiger charge is 2.23. The largest absolute Gasteiger partial charge is 0.352 e. The number of aromatic nitrogens is 2. The van der Waals surface area contributed by atoms with Gasteiger partial charge in [0.15, 0.2) is 0 Å². The second kappa shape index (κ2) is 5.77. The molecule has 3 rings (SSSR count). The highest BCUT2D eigenvalue weighted by molar-refractivity contribution is 7.85. The molecule has 0 aromatic carbocycles. The molecule has 1 saturated heterocycles. The summed E-state index contributed by atoms with van der Waals surface area (Å²) in [5, 5.41) is 1.15. The van der Waals surface area contributed by atoms with Crippen molar-refractivity contribution >= 4 is 38.2 Å². The van der Waals surface area contributed by atoms with Gasteiger partial charge >= 0.3 is 0 Å². The molecule has 1 aliphatic rings. The van der Waals surface area contributed by atoms with Gasteiger partial charge in [-0.1, -0.05) is 6.92 Å². The standard InChI is InChI=1S/C14H19N3OS2/c1-3-11-8-12-13(15-9-16-14(12)19-11)17-5-7-20(18)6-4-10(17)2/h8-10H,3-7H2,1-2H3/t10-,20+/m0/s1. The summed E-state index contributed by atoms with van der Waals surface area (Å²) in [6, 6.07) is 2.59. The summed E-state index contributed by atoms with van der Waals surface area (Å²) in [6.45, 7) is 5.18. The van der Waals surface area contributed by atoms with Crippen molar-refractivity contribution in [1.29, 1.82) is 0 Å². The minimum Gasteiger partial charge on any atom is -0.352 e. The van der Waals surface area contributed by atoms with Gasteiger partial charge in [-0.2, -0.15) is 0 Å². The molecule has 108 valence electrons. The van der Waals surface area contributed by atoms with Crippen LogP contribution < -0.4 is 4.90 Å². The van der Waals surface area contributed by atoms with Gasteiger partial charge in [0.1, 0.15) is 17.0 Å². The van der Waals surface area contributed by atoms with Crippen molar-refractivity contribution in [3.05, 3.63) is 17.3 Å². The van der Waals surface area contributed by atoms with Gasteiger partial charge < -0.3 is 4.90 Å². The molecular formula is C14H19N3OS2. The van der Waals surface area contributed by atoms with Crippen LogP contribution in [0.15, 0.2) is 12.4 Å². The first-order valence-corrected chi connectivity index (χ1v) is 9.34. The van der Waals surface area contributed by atoms with Gasteiger partial charge in [0, 0.05) is 39.8 Å². The topological polar surface area (TPSA) is 46.1 Å². The van der Waals surface area contributed by atoms with E-state index in [4.69, 9.17) is 0 Å². The summed E-state index contributed by atoms with van der Waals surface area (Å²) < 4.78 is 11.8. The molecule has 1 aliphatic heterocycles. The van der Waals surface area contributed by atoms with E-state index in [1.165, 1.54) is 4.88 Å². The fourth-order valence-corrected chi connectivity index (χ4v) is 4.73. The van der Waals surface area contributed by atoms with Crippen LogP contribution in [0.3, 0.4) is 0 Å². The van der Waals surface area contributed by atoms with Crippen LogP contribution in [0.5, 0.6) is 0 Å². The van der Waals surface area contributed by atoms with E-state index in [9.17, 15) is 4.21 Å². The maximum absolute atomic E-state index is 11.8. The zero-order valence-electron chi connectivity index (χ0n) is 11.8. The van der Waals surface area contributed by atoms with E-state index in [1.807, 2.05) is 0 Å². The molecule has 0 saturated carbocycles. The first-order valence-electron chi connectivity index (χ1n) is 7.04. The second-order valence-corrected chi connectivity index (χ2v) is 7.97. The predicted molar refractivity (Wildman–Crippen MR) is 86.1 cm³/mol. The summed E-state index contributed by atoms with van der Waals surface area (Å²) >= 11 is 1.74. The molecule has 0 bridgehead atoms. The Hall–Kier alpha value is -1.01. The van der Waals surface area contributed by atoms with Crippen LogP contribution >= 0.6 is 11.3 Å². The Morgan fingerprint density at radius 3 is 3.10 bits per heavy atom. The fraction of sp³-hybridized carbons (Fsp3) is 0.571. The minimum atomic E-state index is -0.685. The summed E-state index contributed by atoms with van der Waals surface area (Å²) in [5.41, 5.74) is 0. The van der Waals surface area contributed by atoms with E-state index in [2.05, 4.69) is 34.8 Å². The number of fused-ring (bicyclic) bond motifs is 1. The van der Waals surface area contributed by atoms with Crippen molar-refractivity contribution in [2.24, 2.45) is 0 Å². The van der Waals surface area contributed by atoms with Crippen molar-refractivity contribution in [1.82, 2.24) is 9.97 Å². The molecule has 2 atom stereocenters. The quantitative estimate of drug-likeness (QED) is 0.855. The lowest BCUT2D eigenvalue weighted by Gasteiger charge is -2.28. The summed E-state index contributed by atoms with van der Waals surface area (Å²) in [4.78, 5) is 13.6. The summed E-state index contributed by atoms with van der Waals surface area (Å²) in [5.74, 6) is 2.55. The lowest BCUT2D eigenvalue weighted by atomic mass is 10.2.